The first-order valence-electron chi connectivity index (χ1n) is 21.0. The van der Waals surface area contributed by atoms with Gasteiger partial charge in [0.15, 0.2) is 0 Å². The zero-order valence-electron chi connectivity index (χ0n) is 34.1. The Labute approximate surface area is 354 Å². The molecule has 13 nitrogen and oxygen atoms in total. The van der Waals surface area contributed by atoms with Crippen LogP contribution in [-0.4, -0.2) is 87.3 Å². The number of para-hydroxylation sites is 1. The second-order valence-corrected chi connectivity index (χ2v) is 16.4. The van der Waals surface area contributed by atoms with Crippen LogP contribution in [0.1, 0.15) is 54.4 Å². The van der Waals surface area contributed by atoms with Gasteiger partial charge in [-0.05, 0) is 59.9 Å². The molecule has 1 aromatic heterocycles. The van der Waals surface area contributed by atoms with Crippen molar-refractivity contribution >= 4 is 46.5 Å². The van der Waals surface area contributed by atoms with Crippen LogP contribution < -0.4 is 16.0 Å². The van der Waals surface area contributed by atoms with Gasteiger partial charge in [0.25, 0.3) is 0 Å². The third kappa shape index (κ3) is 9.20. The van der Waals surface area contributed by atoms with Gasteiger partial charge in [-0.1, -0.05) is 109 Å². The first-order valence-corrected chi connectivity index (χ1v) is 21.0. The van der Waals surface area contributed by atoms with Gasteiger partial charge in [0.05, 0.1) is 11.9 Å². The Hall–Kier alpha value is -6.76. The van der Waals surface area contributed by atoms with Gasteiger partial charge in [-0.25, -0.2) is 4.79 Å². The lowest BCUT2D eigenvalue weighted by Gasteiger charge is -2.53. The van der Waals surface area contributed by atoms with Crippen molar-refractivity contribution in [2.24, 2.45) is 5.92 Å². The molecule has 4 atom stereocenters. The molecule has 314 valence electrons. The summed E-state index contributed by atoms with van der Waals surface area (Å²) in [5, 5.41) is 9.28. The molecule has 9 rings (SSSR count). The molecule has 4 aliphatic rings. The van der Waals surface area contributed by atoms with Gasteiger partial charge in [0, 0.05) is 44.1 Å². The summed E-state index contributed by atoms with van der Waals surface area (Å²) in [6.45, 7) is 0.357. The second kappa shape index (κ2) is 18.2. The maximum absolute atomic E-state index is 14.6. The van der Waals surface area contributed by atoms with Gasteiger partial charge >= 0.3 is 6.09 Å². The van der Waals surface area contributed by atoms with Crippen molar-refractivity contribution in [1.29, 1.82) is 0 Å². The Morgan fingerprint density at radius 2 is 1.38 bits per heavy atom. The van der Waals surface area contributed by atoms with Crippen LogP contribution in [0.15, 0.2) is 121 Å². The molecule has 13 heteroatoms. The van der Waals surface area contributed by atoms with E-state index >= 15 is 0 Å². The number of ether oxygens (including phenoxy) is 1. The van der Waals surface area contributed by atoms with Crippen molar-refractivity contribution in [3.05, 3.63) is 144 Å². The Morgan fingerprint density at radius 3 is 2.07 bits per heavy atom. The third-order valence-electron chi connectivity index (χ3n) is 12.2. The Bertz CT molecular complexity index is 2400. The number of carbonyl (C=O) groups is 6. The number of fused-ring (bicyclic) bond motifs is 3. The number of piperazine rings is 1. The van der Waals surface area contributed by atoms with E-state index < -0.39 is 42.1 Å². The minimum atomic E-state index is -1.26. The van der Waals surface area contributed by atoms with Gasteiger partial charge in [-0.3, -0.25) is 28.5 Å². The molecule has 1 saturated carbocycles. The first kappa shape index (κ1) is 41.0. The Morgan fingerprint density at radius 1 is 0.754 bits per heavy atom. The minimum absolute atomic E-state index is 0.0338. The minimum Gasteiger partial charge on any atom is -0.444 e. The van der Waals surface area contributed by atoms with Crippen LogP contribution in [0, 0.1) is 5.92 Å². The fraction of sp³-hybridized carbons (Fsp3) is 0.333. The van der Waals surface area contributed by atoms with Crippen LogP contribution in [0.25, 0.3) is 10.9 Å². The van der Waals surface area contributed by atoms with E-state index in [2.05, 4.69) is 16.0 Å². The summed E-state index contributed by atoms with van der Waals surface area (Å²) < 4.78 is 7.05. The Balaban J connectivity index is 1.06. The van der Waals surface area contributed by atoms with Gasteiger partial charge in [-0.2, -0.15) is 0 Å². The third-order valence-corrected chi connectivity index (χ3v) is 12.2. The molecule has 5 aromatic rings. The summed E-state index contributed by atoms with van der Waals surface area (Å²) >= 11 is 0. The lowest BCUT2D eigenvalue weighted by atomic mass is 9.73. The van der Waals surface area contributed by atoms with E-state index in [-0.39, 0.29) is 55.6 Å². The topological polar surface area (TPSA) is 159 Å². The highest BCUT2D eigenvalue weighted by atomic mass is 16.5. The maximum atomic E-state index is 14.6. The van der Waals surface area contributed by atoms with Crippen LogP contribution in [0.2, 0.25) is 0 Å². The van der Waals surface area contributed by atoms with E-state index in [4.69, 9.17) is 4.74 Å². The van der Waals surface area contributed by atoms with Gasteiger partial charge in [0.2, 0.25) is 29.5 Å². The lowest BCUT2D eigenvalue weighted by Crippen LogP contribution is -2.71. The molecule has 0 radical (unpaired) electrons. The quantitative estimate of drug-likeness (QED) is 0.144. The number of aromatic nitrogens is 1. The molecule has 61 heavy (non-hydrogen) atoms. The number of hydrogen-bond acceptors (Lipinski definition) is 7. The molecule has 3 N–H and O–H groups in total. The van der Waals surface area contributed by atoms with Crippen molar-refractivity contribution in [3.8, 4) is 0 Å². The predicted octanol–water partition coefficient (Wildman–Crippen LogP) is 4.90. The summed E-state index contributed by atoms with van der Waals surface area (Å²) in [5.74, 6) is -2.03. The molecule has 3 aliphatic heterocycles. The number of hydrogen-bond donors (Lipinski definition) is 3. The van der Waals surface area contributed by atoms with Crippen molar-refractivity contribution in [3.63, 3.8) is 0 Å². The van der Waals surface area contributed by atoms with Crippen LogP contribution >= 0.6 is 0 Å². The van der Waals surface area contributed by atoms with Gasteiger partial charge in [-0.15, -0.1) is 0 Å². The van der Waals surface area contributed by atoms with Crippen LogP contribution in [0.4, 0.5) is 4.79 Å². The summed E-state index contributed by atoms with van der Waals surface area (Å²) in [7, 11) is 1.68. The fourth-order valence-corrected chi connectivity index (χ4v) is 9.19. The molecule has 0 spiro atoms. The first-order chi connectivity index (χ1) is 29.6. The fourth-order valence-electron chi connectivity index (χ4n) is 9.19. The van der Waals surface area contributed by atoms with Crippen LogP contribution in [0.5, 0.6) is 0 Å². The number of carbonyl (C=O) groups excluding carboxylic acids is 6. The molecule has 3 saturated heterocycles. The van der Waals surface area contributed by atoms with E-state index in [0.29, 0.717) is 23.0 Å². The molecule has 4 aromatic carbocycles. The second-order valence-electron chi connectivity index (χ2n) is 16.4. The summed E-state index contributed by atoms with van der Waals surface area (Å²) in [6, 6.07) is 31.5. The van der Waals surface area contributed by atoms with E-state index in [9.17, 15) is 28.8 Å². The highest BCUT2D eigenvalue weighted by molar-refractivity contribution is 6.01. The van der Waals surface area contributed by atoms with Gasteiger partial charge in [0.1, 0.15) is 30.8 Å². The Kier molecular flexibility index (Phi) is 12.3. The van der Waals surface area contributed by atoms with Crippen molar-refractivity contribution in [2.75, 3.05) is 7.05 Å². The molecule has 5 amide bonds. The molecule has 4 heterocycles. The molecular weight excluding hydrogens is 773 g/mol. The van der Waals surface area contributed by atoms with E-state index in [1.54, 1.807) is 35.2 Å². The van der Waals surface area contributed by atoms with Crippen LogP contribution in [0.3, 0.4) is 0 Å². The lowest BCUT2D eigenvalue weighted by molar-refractivity contribution is -0.163. The van der Waals surface area contributed by atoms with Crippen molar-refractivity contribution in [2.45, 2.75) is 88.3 Å². The molecule has 2 unspecified atom stereocenters. The SMILES string of the molecule is CN(Cc1ccccc1)C(=O)[C@H](Cc1ccccc1)NC(=O)[C@@H](Cc1cn(C(=O)OCc2ccccc2)c2ccccc12)NC(=O)CC1NC(=O)C2C3CCC(CC3)N2C1=O. The maximum Gasteiger partial charge on any atom is 0.418 e. The number of nitrogens with one attached hydrogen (secondary N) is 3. The zero-order chi connectivity index (χ0) is 42.5. The van der Waals surface area contributed by atoms with Crippen molar-refractivity contribution in [1.82, 2.24) is 30.3 Å². The van der Waals surface area contributed by atoms with E-state index in [1.807, 2.05) is 103 Å². The average Bonchev–Trinajstić information content (AvgIpc) is 3.65. The van der Waals surface area contributed by atoms with Crippen LogP contribution in [-0.2, 0) is 54.7 Å². The molecule has 2 bridgehead atoms. The molecule has 1 aliphatic carbocycles. The normalized spacial score (nSPS) is 20.2. The predicted molar refractivity (Wildman–Crippen MR) is 228 cm³/mol. The number of amides is 5. The summed E-state index contributed by atoms with van der Waals surface area (Å²) in [4.78, 5) is 86.9. The number of likely N-dealkylation sites (N-methyl/N-ethyl adjacent to an activating group) is 1. The largest absolute Gasteiger partial charge is 0.444 e. The highest BCUT2D eigenvalue weighted by Gasteiger charge is 2.52. The van der Waals surface area contributed by atoms with E-state index in [1.165, 1.54) is 4.57 Å². The monoisotopic (exact) mass is 822 g/mol. The number of nitrogens with zero attached hydrogens (tertiary/aromatic N) is 3. The van der Waals surface area contributed by atoms with Crippen molar-refractivity contribution < 1.29 is 33.5 Å². The molecule has 4 fully saturated rings. The number of rotatable bonds is 14. The summed E-state index contributed by atoms with van der Waals surface area (Å²) in [6.07, 6.45) is 4.15. The van der Waals surface area contributed by atoms with Gasteiger partial charge < -0.3 is 30.5 Å². The zero-order valence-corrected chi connectivity index (χ0v) is 34.1. The summed E-state index contributed by atoms with van der Waals surface area (Å²) in [5.41, 5.74) is 3.66. The number of piperidine rings is 2. The van der Waals surface area contributed by atoms with E-state index in [0.717, 1.165) is 42.4 Å². The average molecular weight is 823 g/mol. The smallest absolute Gasteiger partial charge is 0.418 e. The standard InChI is InChI=1S/C48H50N6O7/c1-52(28-32-15-7-3-8-16-32)46(58)39(25-31-13-5-2-6-14-31)50-44(56)38(49-42(55)27-40-47(59)54-36-23-21-34(22-24-36)43(54)45(57)51-40)26-35-29-53(41-20-12-11-19-37(35)41)48(60)61-30-33-17-9-4-10-18-33/h2-20,29,34,36,38-40,43H,21-28,30H2,1H3,(H,49,55)(H,50,56)(H,51,57)/t34?,36?,38-,39+,40?,43?/m1/s1. The number of benzene rings is 4. The molecular formula is C48H50N6O7. The highest BCUT2D eigenvalue weighted by Crippen LogP contribution is 2.41.